The van der Waals surface area contributed by atoms with E-state index < -0.39 is 6.04 Å². The number of halogens is 2. The molecule has 1 aliphatic heterocycles. The predicted octanol–water partition coefficient (Wildman–Crippen LogP) is 3.74. The van der Waals surface area contributed by atoms with Crippen LogP contribution in [0.15, 0.2) is 48.5 Å². The molecule has 3 rings (SSSR count). The van der Waals surface area contributed by atoms with Gasteiger partial charge in [-0.3, -0.25) is 9.59 Å². The Morgan fingerprint density at radius 1 is 1.00 bits per heavy atom. The van der Waals surface area contributed by atoms with Crippen molar-refractivity contribution in [1.29, 1.82) is 0 Å². The molecule has 0 unspecified atom stereocenters. The summed E-state index contributed by atoms with van der Waals surface area (Å²) in [7, 11) is 0. The number of rotatable bonds is 3. The fraction of sp³-hybridized carbons (Fsp3) is 0.125. The van der Waals surface area contributed by atoms with E-state index in [2.05, 4.69) is 5.32 Å². The number of nitrogens with zero attached hydrogens (tertiary/aromatic N) is 1. The molecule has 1 saturated heterocycles. The Hall–Kier alpha value is -2.04. The zero-order valence-electron chi connectivity index (χ0n) is 11.4. The second kappa shape index (κ2) is 5.99. The monoisotopic (exact) mass is 334 g/mol. The SMILES string of the molecule is O=C1C[C@H](Nc2ccccc2)C(=O)N1c1cccc(Cl)c1Cl. The highest BCUT2D eigenvalue weighted by atomic mass is 35.5. The number of imide groups is 1. The molecule has 4 nitrogen and oxygen atoms in total. The summed E-state index contributed by atoms with van der Waals surface area (Å²) >= 11 is 12.1. The number of carbonyl (C=O) groups is 2. The van der Waals surface area contributed by atoms with Gasteiger partial charge in [-0.2, -0.15) is 0 Å². The van der Waals surface area contributed by atoms with Gasteiger partial charge in [-0.15, -0.1) is 0 Å². The van der Waals surface area contributed by atoms with Crippen LogP contribution in [0.2, 0.25) is 10.0 Å². The normalized spacial score (nSPS) is 17.9. The van der Waals surface area contributed by atoms with Crippen molar-refractivity contribution in [2.45, 2.75) is 12.5 Å². The standard InChI is InChI=1S/C16H12Cl2N2O2/c17-11-7-4-8-13(15(11)18)20-14(21)9-12(16(20)22)19-10-5-2-1-3-6-10/h1-8,12,19H,9H2/t12-/m0/s1. The van der Waals surface area contributed by atoms with E-state index in [0.717, 1.165) is 10.6 Å². The van der Waals surface area contributed by atoms with Crippen LogP contribution in [0.3, 0.4) is 0 Å². The molecule has 2 amide bonds. The molecule has 6 heteroatoms. The molecule has 0 bridgehead atoms. The van der Waals surface area contributed by atoms with Crippen LogP contribution in [0, 0.1) is 0 Å². The Morgan fingerprint density at radius 2 is 1.73 bits per heavy atom. The molecule has 22 heavy (non-hydrogen) atoms. The first-order valence-corrected chi connectivity index (χ1v) is 7.46. The summed E-state index contributed by atoms with van der Waals surface area (Å²) in [6.45, 7) is 0. The highest BCUT2D eigenvalue weighted by molar-refractivity contribution is 6.45. The van der Waals surface area contributed by atoms with E-state index in [-0.39, 0.29) is 23.3 Å². The molecular formula is C16H12Cl2N2O2. The van der Waals surface area contributed by atoms with Gasteiger partial charge in [0.15, 0.2) is 0 Å². The minimum Gasteiger partial charge on any atom is -0.373 e. The summed E-state index contributed by atoms with van der Waals surface area (Å²) in [5.74, 6) is -0.638. The van der Waals surface area contributed by atoms with Crippen LogP contribution in [-0.4, -0.2) is 17.9 Å². The summed E-state index contributed by atoms with van der Waals surface area (Å²) in [6.07, 6.45) is 0.0799. The Bertz CT molecular complexity index is 734. The van der Waals surface area contributed by atoms with Gasteiger partial charge in [0, 0.05) is 5.69 Å². The number of carbonyl (C=O) groups excluding carboxylic acids is 2. The van der Waals surface area contributed by atoms with Crippen molar-refractivity contribution in [2.75, 3.05) is 10.2 Å². The minimum absolute atomic E-state index is 0.0799. The third-order valence-electron chi connectivity index (χ3n) is 3.43. The minimum atomic E-state index is -0.607. The van der Waals surface area contributed by atoms with Crippen LogP contribution in [-0.2, 0) is 9.59 Å². The smallest absolute Gasteiger partial charge is 0.256 e. The van der Waals surface area contributed by atoms with Crippen molar-refractivity contribution >= 4 is 46.4 Å². The summed E-state index contributed by atoms with van der Waals surface area (Å²) < 4.78 is 0. The maximum atomic E-state index is 12.5. The molecule has 2 aromatic carbocycles. The van der Waals surface area contributed by atoms with E-state index in [4.69, 9.17) is 23.2 Å². The quantitative estimate of drug-likeness (QED) is 0.870. The zero-order valence-corrected chi connectivity index (χ0v) is 12.9. The van der Waals surface area contributed by atoms with E-state index in [1.165, 1.54) is 0 Å². The lowest BCUT2D eigenvalue weighted by atomic mass is 10.2. The number of amides is 2. The van der Waals surface area contributed by atoms with Gasteiger partial charge in [-0.05, 0) is 24.3 Å². The molecule has 0 aliphatic carbocycles. The lowest BCUT2D eigenvalue weighted by Crippen LogP contribution is -2.35. The first-order chi connectivity index (χ1) is 10.6. The topological polar surface area (TPSA) is 49.4 Å². The molecule has 0 radical (unpaired) electrons. The molecule has 0 spiro atoms. The van der Waals surface area contributed by atoms with Crippen LogP contribution in [0.1, 0.15) is 6.42 Å². The largest absolute Gasteiger partial charge is 0.373 e. The molecule has 0 saturated carbocycles. The molecule has 1 atom stereocenters. The number of hydrogen-bond donors (Lipinski definition) is 1. The Morgan fingerprint density at radius 3 is 2.45 bits per heavy atom. The summed E-state index contributed by atoms with van der Waals surface area (Å²) in [5, 5.41) is 3.57. The maximum absolute atomic E-state index is 12.5. The van der Waals surface area contributed by atoms with Crippen molar-refractivity contribution in [2.24, 2.45) is 0 Å². The molecule has 1 aliphatic rings. The van der Waals surface area contributed by atoms with Gasteiger partial charge in [-0.25, -0.2) is 4.90 Å². The van der Waals surface area contributed by atoms with Gasteiger partial charge in [0.2, 0.25) is 5.91 Å². The average Bonchev–Trinajstić information content (AvgIpc) is 2.78. The van der Waals surface area contributed by atoms with Gasteiger partial charge >= 0.3 is 0 Å². The van der Waals surface area contributed by atoms with E-state index >= 15 is 0 Å². The molecule has 1 heterocycles. The highest BCUT2D eigenvalue weighted by Gasteiger charge is 2.40. The first-order valence-electron chi connectivity index (χ1n) is 6.70. The number of benzene rings is 2. The third-order valence-corrected chi connectivity index (χ3v) is 4.24. The molecule has 1 fully saturated rings. The van der Waals surface area contributed by atoms with Crippen LogP contribution < -0.4 is 10.2 Å². The summed E-state index contributed by atoms with van der Waals surface area (Å²) in [5.41, 5.74) is 1.11. The van der Waals surface area contributed by atoms with E-state index in [9.17, 15) is 9.59 Å². The zero-order chi connectivity index (χ0) is 15.7. The van der Waals surface area contributed by atoms with Crippen molar-refractivity contribution in [3.63, 3.8) is 0 Å². The van der Waals surface area contributed by atoms with E-state index in [1.54, 1.807) is 18.2 Å². The maximum Gasteiger partial charge on any atom is 0.256 e. The Labute approximate surface area is 137 Å². The number of hydrogen-bond acceptors (Lipinski definition) is 3. The molecular weight excluding hydrogens is 323 g/mol. The van der Waals surface area contributed by atoms with E-state index in [1.807, 2.05) is 30.3 Å². The third kappa shape index (κ3) is 2.67. The van der Waals surface area contributed by atoms with Gasteiger partial charge in [0.05, 0.1) is 22.2 Å². The fourth-order valence-corrected chi connectivity index (χ4v) is 2.78. The second-order valence-electron chi connectivity index (χ2n) is 4.91. The predicted molar refractivity (Wildman–Crippen MR) is 87.4 cm³/mol. The van der Waals surface area contributed by atoms with Gasteiger partial charge in [-0.1, -0.05) is 47.5 Å². The number of para-hydroxylation sites is 1. The van der Waals surface area contributed by atoms with Gasteiger partial charge in [0.25, 0.3) is 5.91 Å². The van der Waals surface area contributed by atoms with Crippen LogP contribution in [0.4, 0.5) is 11.4 Å². The van der Waals surface area contributed by atoms with Gasteiger partial charge in [0.1, 0.15) is 6.04 Å². The van der Waals surface area contributed by atoms with Crippen molar-refractivity contribution < 1.29 is 9.59 Å². The average molecular weight is 335 g/mol. The molecule has 2 aromatic rings. The van der Waals surface area contributed by atoms with Crippen LogP contribution in [0.25, 0.3) is 0 Å². The summed E-state index contributed by atoms with van der Waals surface area (Å²) in [4.78, 5) is 25.8. The lowest BCUT2D eigenvalue weighted by Gasteiger charge is -2.17. The second-order valence-corrected chi connectivity index (χ2v) is 5.69. The van der Waals surface area contributed by atoms with Crippen molar-refractivity contribution in [3.8, 4) is 0 Å². The van der Waals surface area contributed by atoms with Crippen LogP contribution >= 0.6 is 23.2 Å². The van der Waals surface area contributed by atoms with Crippen molar-refractivity contribution in [3.05, 3.63) is 58.6 Å². The first kappa shape index (κ1) is 14.9. The Kier molecular flexibility index (Phi) is 4.05. The fourth-order valence-electron chi connectivity index (χ4n) is 2.40. The lowest BCUT2D eigenvalue weighted by molar-refractivity contribution is -0.121. The highest BCUT2D eigenvalue weighted by Crippen LogP contribution is 2.35. The van der Waals surface area contributed by atoms with Crippen LogP contribution in [0.5, 0.6) is 0 Å². The number of anilines is 2. The molecule has 112 valence electrons. The number of nitrogens with one attached hydrogen (secondary N) is 1. The summed E-state index contributed by atoms with van der Waals surface area (Å²) in [6, 6.07) is 13.5. The Balaban J connectivity index is 1.87. The molecule has 1 N–H and O–H groups in total. The van der Waals surface area contributed by atoms with E-state index in [0.29, 0.717) is 10.7 Å². The van der Waals surface area contributed by atoms with Gasteiger partial charge < -0.3 is 5.32 Å². The van der Waals surface area contributed by atoms with Crippen molar-refractivity contribution in [1.82, 2.24) is 0 Å². The molecule has 0 aromatic heterocycles.